The van der Waals surface area contributed by atoms with Gasteiger partial charge >= 0.3 is 0 Å². The lowest BCUT2D eigenvalue weighted by atomic mass is 9.76. The van der Waals surface area contributed by atoms with Gasteiger partial charge in [-0.25, -0.2) is 0 Å². The largest absolute Gasteiger partial charge is 0.497 e. The highest BCUT2D eigenvalue weighted by Gasteiger charge is 2.67. The first-order valence-electron chi connectivity index (χ1n) is 10.3. The van der Waals surface area contributed by atoms with E-state index in [2.05, 4.69) is 0 Å². The highest BCUT2D eigenvalue weighted by Crippen LogP contribution is 2.52. The Hall–Kier alpha value is -2.38. The molecule has 0 aliphatic carbocycles. The number of likely N-dealkylation sites (tertiary alicyclic amines) is 1. The number of methoxy groups -OCH3 is 1. The fourth-order valence-corrected chi connectivity index (χ4v) is 5.16. The fourth-order valence-electron chi connectivity index (χ4n) is 5.16. The quantitative estimate of drug-likeness (QED) is 0.714. The summed E-state index contributed by atoms with van der Waals surface area (Å²) >= 11 is 0. The molecule has 0 unspecified atom stereocenters. The lowest BCUT2D eigenvalue weighted by molar-refractivity contribution is -0.143. The van der Waals surface area contributed by atoms with Crippen molar-refractivity contribution in [1.82, 2.24) is 9.80 Å². The second kappa shape index (κ2) is 7.15. The molecule has 154 valence electrons. The summed E-state index contributed by atoms with van der Waals surface area (Å²) in [5.74, 6) is -0.0981. The van der Waals surface area contributed by atoms with Crippen LogP contribution in [0.2, 0.25) is 0 Å². The lowest BCUT2D eigenvalue weighted by Crippen LogP contribution is -2.46. The lowest BCUT2D eigenvalue weighted by Gasteiger charge is -2.29. The third-order valence-electron chi connectivity index (χ3n) is 6.51. The van der Waals surface area contributed by atoms with E-state index in [9.17, 15) is 9.59 Å². The zero-order chi connectivity index (χ0) is 20.0. The van der Waals surface area contributed by atoms with E-state index in [-0.39, 0.29) is 17.9 Å². The van der Waals surface area contributed by atoms with Crippen LogP contribution in [-0.4, -0.2) is 73.3 Å². The smallest absolute Gasteiger partial charge is 0.230 e. The number of fused-ring (bicyclic) bond motifs is 1. The maximum absolute atomic E-state index is 13.4. The summed E-state index contributed by atoms with van der Waals surface area (Å²) in [6, 6.07) is 7.72. The van der Waals surface area contributed by atoms with Crippen LogP contribution in [0.1, 0.15) is 12.0 Å². The van der Waals surface area contributed by atoms with Gasteiger partial charge in [0.05, 0.1) is 38.2 Å². The van der Waals surface area contributed by atoms with Crippen LogP contribution >= 0.6 is 0 Å². The molecule has 2 amide bonds. The summed E-state index contributed by atoms with van der Waals surface area (Å²) in [5.41, 5.74) is 0.323. The summed E-state index contributed by atoms with van der Waals surface area (Å²) in [6.07, 6.45) is 4.49. The molecule has 4 heterocycles. The fraction of sp³-hybridized carbons (Fsp3) is 0.545. The minimum atomic E-state index is -0.677. The average molecular weight is 398 g/mol. The van der Waals surface area contributed by atoms with Gasteiger partial charge in [0, 0.05) is 26.2 Å². The monoisotopic (exact) mass is 398 g/mol. The van der Waals surface area contributed by atoms with Crippen molar-refractivity contribution in [2.45, 2.75) is 24.7 Å². The zero-order valence-electron chi connectivity index (χ0n) is 16.6. The minimum Gasteiger partial charge on any atom is -0.497 e. The Bertz CT molecular complexity index is 847. The van der Waals surface area contributed by atoms with Gasteiger partial charge in [-0.1, -0.05) is 24.3 Å². The molecule has 2 bridgehead atoms. The van der Waals surface area contributed by atoms with Crippen LogP contribution in [-0.2, 0) is 25.6 Å². The number of benzene rings is 1. The van der Waals surface area contributed by atoms with Crippen LogP contribution in [0.4, 0.5) is 0 Å². The van der Waals surface area contributed by atoms with Gasteiger partial charge in [-0.3, -0.25) is 9.59 Å². The molecular formula is C22H26N2O5. The number of rotatable bonds is 4. The van der Waals surface area contributed by atoms with Crippen molar-refractivity contribution in [1.29, 1.82) is 0 Å². The molecule has 0 radical (unpaired) electrons. The Morgan fingerprint density at radius 2 is 2.21 bits per heavy atom. The number of ether oxygens (including phenoxy) is 3. The van der Waals surface area contributed by atoms with E-state index < -0.39 is 17.4 Å². The Labute approximate surface area is 170 Å². The van der Waals surface area contributed by atoms with Crippen molar-refractivity contribution in [3.05, 3.63) is 42.0 Å². The van der Waals surface area contributed by atoms with Gasteiger partial charge in [-0.15, -0.1) is 0 Å². The number of carbonyl (C=O) groups is 2. The van der Waals surface area contributed by atoms with Gasteiger partial charge in [-0.05, 0) is 24.1 Å². The van der Waals surface area contributed by atoms with E-state index in [0.29, 0.717) is 39.4 Å². The van der Waals surface area contributed by atoms with Gasteiger partial charge in [-0.2, -0.15) is 0 Å². The van der Waals surface area contributed by atoms with E-state index in [1.54, 1.807) is 7.11 Å². The Morgan fingerprint density at radius 3 is 3.07 bits per heavy atom. The van der Waals surface area contributed by atoms with Crippen LogP contribution in [0.15, 0.2) is 36.4 Å². The van der Waals surface area contributed by atoms with E-state index in [4.69, 9.17) is 14.2 Å². The van der Waals surface area contributed by atoms with Gasteiger partial charge in [0.25, 0.3) is 0 Å². The maximum atomic E-state index is 13.4. The molecule has 4 atom stereocenters. The van der Waals surface area contributed by atoms with Crippen molar-refractivity contribution in [2.24, 2.45) is 11.8 Å². The van der Waals surface area contributed by atoms with Gasteiger partial charge in [0.1, 0.15) is 11.4 Å². The number of nitrogens with zero attached hydrogens (tertiary/aromatic N) is 2. The molecule has 1 aromatic carbocycles. The Balaban J connectivity index is 1.37. The molecule has 7 nitrogen and oxygen atoms in total. The topological polar surface area (TPSA) is 68.3 Å². The molecule has 1 aromatic rings. The van der Waals surface area contributed by atoms with E-state index in [1.165, 1.54) is 0 Å². The summed E-state index contributed by atoms with van der Waals surface area (Å²) < 4.78 is 17.0. The predicted octanol–water partition coefficient (Wildman–Crippen LogP) is 1.23. The van der Waals surface area contributed by atoms with Crippen LogP contribution in [0, 0.1) is 11.8 Å². The SMILES string of the molecule is COc1cccc(CN2C[C@]34C=C[C@H](O3)[C@H](C(=O)N3CCCOCC3)[C@H]4C2=O)c1. The number of hydrogen-bond acceptors (Lipinski definition) is 5. The summed E-state index contributed by atoms with van der Waals surface area (Å²) in [5, 5.41) is 0. The Morgan fingerprint density at radius 1 is 1.31 bits per heavy atom. The second-order valence-corrected chi connectivity index (χ2v) is 8.24. The molecule has 0 saturated carbocycles. The number of carbonyl (C=O) groups excluding carboxylic acids is 2. The van der Waals surface area contributed by atoms with Gasteiger partial charge < -0.3 is 24.0 Å². The maximum Gasteiger partial charge on any atom is 0.230 e. The summed E-state index contributed by atoms with van der Waals surface area (Å²) in [6.45, 7) is 3.43. The van der Waals surface area contributed by atoms with Crippen molar-refractivity contribution >= 4 is 11.8 Å². The van der Waals surface area contributed by atoms with Gasteiger partial charge in [0.15, 0.2) is 0 Å². The second-order valence-electron chi connectivity index (χ2n) is 8.24. The van der Waals surface area contributed by atoms with Crippen molar-refractivity contribution in [2.75, 3.05) is 40.0 Å². The van der Waals surface area contributed by atoms with Crippen molar-refractivity contribution < 1.29 is 23.8 Å². The molecule has 4 aliphatic heterocycles. The molecule has 3 saturated heterocycles. The van der Waals surface area contributed by atoms with Crippen molar-refractivity contribution in [3.8, 4) is 5.75 Å². The molecule has 3 fully saturated rings. The normalized spacial score (nSPS) is 33.1. The summed E-state index contributed by atoms with van der Waals surface area (Å²) in [7, 11) is 1.63. The van der Waals surface area contributed by atoms with Gasteiger partial charge in [0.2, 0.25) is 11.8 Å². The van der Waals surface area contributed by atoms with Crippen molar-refractivity contribution in [3.63, 3.8) is 0 Å². The third kappa shape index (κ3) is 3.04. The molecule has 5 rings (SSSR count). The first-order valence-corrected chi connectivity index (χ1v) is 10.3. The Kier molecular flexibility index (Phi) is 4.59. The molecule has 7 heteroatoms. The van der Waals surface area contributed by atoms with E-state index in [0.717, 1.165) is 17.7 Å². The van der Waals surface area contributed by atoms with Crippen LogP contribution < -0.4 is 4.74 Å². The predicted molar refractivity (Wildman–Crippen MR) is 104 cm³/mol. The van der Waals surface area contributed by atoms with E-state index in [1.807, 2.05) is 46.2 Å². The first kappa shape index (κ1) is 18.6. The standard InChI is InChI=1S/C22H26N2O5/c1-27-16-5-2-4-15(12-16)13-24-14-22-7-6-17(29-22)18(19(22)21(24)26)20(25)23-8-3-10-28-11-9-23/h2,4-7,12,17-19H,3,8-11,13-14H2,1H3/t17-,18-,19-,22-/m0/s1. The van der Waals surface area contributed by atoms with Crippen LogP contribution in [0.3, 0.4) is 0 Å². The van der Waals surface area contributed by atoms with Crippen LogP contribution in [0.25, 0.3) is 0 Å². The highest BCUT2D eigenvalue weighted by atomic mass is 16.5. The molecular weight excluding hydrogens is 372 g/mol. The first-order chi connectivity index (χ1) is 14.1. The zero-order valence-corrected chi connectivity index (χ0v) is 16.6. The summed E-state index contributed by atoms with van der Waals surface area (Å²) in [4.78, 5) is 30.4. The average Bonchev–Trinajstić information content (AvgIpc) is 3.26. The van der Waals surface area contributed by atoms with Crippen LogP contribution in [0.5, 0.6) is 5.75 Å². The molecule has 0 N–H and O–H groups in total. The molecule has 0 aromatic heterocycles. The highest BCUT2D eigenvalue weighted by molar-refractivity contribution is 5.93. The minimum absolute atomic E-state index is 0.00379. The number of amides is 2. The molecule has 4 aliphatic rings. The number of hydrogen-bond donors (Lipinski definition) is 0. The molecule has 29 heavy (non-hydrogen) atoms. The third-order valence-corrected chi connectivity index (χ3v) is 6.51. The molecule has 1 spiro atoms. The van der Waals surface area contributed by atoms with E-state index >= 15 is 0 Å².